The average Bonchev–Trinajstić information content (AvgIpc) is 3.42. The summed E-state index contributed by atoms with van der Waals surface area (Å²) in [6.45, 7) is 0.394. The van der Waals surface area contributed by atoms with Gasteiger partial charge in [0.15, 0.2) is 11.6 Å². The third kappa shape index (κ3) is 4.10. The van der Waals surface area contributed by atoms with Crippen molar-refractivity contribution in [1.29, 1.82) is 0 Å². The number of rotatable bonds is 6. The molecular weight excluding hydrogens is 390 g/mol. The zero-order valence-electron chi connectivity index (χ0n) is 15.1. The highest BCUT2D eigenvalue weighted by Gasteiger charge is 2.14. The number of amides is 1. The fourth-order valence-electron chi connectivity index (χ4n) is 2.75. The van der Waals surface area contributed by atoms with Gasteiger partial charge < -0.3 is 10.4 Å². The van der Waals surface area contributed by atoms with Gasteiger partial charge in [0, 0.05) is 11.3 Å². The van der Waals surface area contributed by atoms with E-state index in [2.05, 4.69) is 15.4 Å². The molecule has 0 aliphatic carbocycles. The highest BCUT2D eigenvalue weighted by Crippen LogP contribution is 2.24. The number of carbonyl (C=O) groups excluding carboxylic acids is 1. The Labute approximate surface area is 170 Å². The van der Waals surface area contributed by atoms with Crippen molar-refractivity contribution in [3.63, 3.8) is 0 Å². The number of anilines is 1. The molecule has 0 spiro atoms. The lowest BCUT2D eigenvalue weighted by molar-refractivity contribution is 0.0706. The van der Waals surface area contributed by atoms with Gasteiger partial charge in [0.25, 0.3) is 5.91 Å². The van der Waals surface area contributed by atoms with Crippen LogP contribution in [-0.4, -0.2) is 31.0 Å². The van der Waals surface area contributed by atoms with E-state index in [1.807, 2.05) is 17.5 Å². The van der Waals surface area contributed by atoms with Crippen LogP contribution in [0.4, 0.5) is 5.69 Å². The lowest BCUT2D eigenvalue weighted by atomic mass is 10.2. The third-order valence-corrected chi connectivity index (χ3v) is 5.08. The number of phenols is 1. The summed E-state index contributed by atoms with van der Waals surface area (Å²) in [6.07, 6.45) is 0. The number of aromatic nitrogens is 3. The van der Waals surface area contributed by atoms with Gasteiger partial charge in [0.05, 0.1) is 17.1 Å². The van der Waals surface area contributed by atoms with E-state index >= 15 is 0 Å². The smallest absolute Gasteiger partial charge is 0.274 e. The normalized spacial score (nSPS) is 10.7. The second-order valence-electron chi connectivity index (χ2n) is 6.13. The molecule has 0 radical (unpaired) electrons. The molecule has 9 heteroatoms. The van der Waals surface area contributed by atoms with Crippen LogP contribution in [0.3, 0.4) is 0 Å². The molecule has 0 bridgehead atoms. The summed E-state index contributed by atoms with van der Waals surface area (Å²) in [6, 6.07) is 17.4. The molecule has 1 amide bonds. The molecule has 0 saturated carbocycles. The molecule has 2 heterocycles. The highest BCUT2D eigenvalue weighted by atomic mass is 32.1. The Bertz CT molecular complexity index is 1110. The summed E-state index contributed by atoms with van der Waals surface area (Å²) in [7, 11) is 0. The average molecular weight is 407 g/mol. The Morgan fingerprint density at radius 1 is 1.07 bits per heavy atom. The Hall–Kier alpha value is -3.69. The Balaban J connectivity index is 1.60. The van der Waals surface area contributed by atoms with Crippen molar-refractivity contribution < 1.29 is 15.1 Å². The Morgan fingerprint density at radius 3 is 2.48 bits per heavy atom. The van der Waals surface area contributed by atoms with E-state index in [9.17, 15) is 9.90 Å². The molecule has 4 N–H and O–H groups in total. The number of hydroxylamine groups is 1. The molecule has 4 aromatic rings. The predicted molar refractivity (Wildman–Crippen MR) is 109 cm³/mol. The van der Waals surface area contributed by atoms with E-state index in [0.29, 0.717) is 23.8 Å². The number of thiophene rings is 1. The predicted octanol–water partition coefficient (Wildman–Crippen LogP) is 3.43. The number of hydrogen-bond donors (Lipinski definition) is 4. The van der Waals surface area contributed by atoms with Crippen LogP contribution in [0, 0.1) is 0 Å². The molecule has 2 aromatic carbocycles. The molecule has 0 aliphatic rings. The summed E-state index contributed by atoms with van der Waals surface area (Å²) >= 11 is 1.56. The number of benzene rings is 2. The maximum Gasteiger partial charge on any atom is 0.274 e. The van der Waals surface area contributed by atoms with Crippen molar-refractivity contribution >= 4 is 22.9 Å². The summed E-state index contributed by atoms with van der Waals surface area (Å²) < 4.78 is 1.73. The first-order chi connectivity index (χ1) is 14.1. The lowest BCUT2D eigenvalue weighted by Crippen LogP contribution is -2.18. The molecule has 4 rings (SSSR count). The Kier molecular flexibility index (Phi) is 5.23. The number of hydrogen-bond acceptors (Lipinski definition) is 7. The minimum atomic E-state index is -0.566. The van der Waals surface area contributed by atoms with Gasteiger partial charge in [-0.15, -0.1) is 16.4 Å². The van der Waals surface area contributed by atoms with Gasteiger partial charge in [0.1, 0.15) is 5.75 Å². The molecule has 146 valence electrons. The molecular formula is C20H17N5O3S. The lowest BCUT2D eigenvalue weighted by Gasteiger charge is -2.09. The van der Waals surface area contributed by atoms with Gasteiger partial charge in [-0.1, -0.05) is 6.07 Å². The van der Waals surface area contributed by atoms with Crippen LogP contribution in [0.5, 0.6) is 5.75 Å². The molecule has 8 nitrogen and oxygen atoms in total. The van der Waals surface area contributed by atoms with Crippen molar-refractivity contribution in [3.05, 3.63) is 77.4 Å². The van der Waals surface area contributed by atoms with Gasteiger partial charge in [-0.2, -0.15) is 0 Å². The SMILES string of the molecule is O=C(NO)c1ccc(NCc2nc(-c3cccs3)nn2-c2ccc(O)cc2)cc1. The van der Waals surface area contributed by atoms with E-state index in [1.165, 1.54) is 0 Å². The topological polar surface area (TPSA) is 112 Å². The van der Waals surface area contributed by atoms with Gasteiger partial charge in [-0.25, -0.2) is 15.1 Å². The quantitative estimate of drug-likeness (QED) is 0.288. The van der Waals surface area contributed by atoms with Crippen LogP contribution in [0.25, 0.3) is 16.4 Å². The Morgan fingerprint density at radius 2 is 1.83 bits per heavy atom. The van der Waals surface area contributed by atoms with Gasteiger partial charge in [-0.05, 0) is 60.0 Å². The number of aromatic hydroxyl groups is 1. The van der Waals surface area contributed by atoms with Crippen LogP contribution >= 0.6 is 11.3 Å². The van der Waals surface area contributed by atoms with Crippen LogP contribution < -0.4 is 10.8 Å². The molecule has 0 aliphatic heterocycles. The van der Waals surface area contributed by atoms with E-state index in [4.69, 9.17) is 5.21 Å². The molecule has 0 fully saturated rings. The maximum atomic E-state index is 11.4. The molecule has 0 unspecified atom stereocenters. The minimum absolute atomic E-state index is 0.180. The highest BCUT2D eigenvalue weighted by molar-refractivity contribution is 7.13. The second kappa shape index (κ2) is 8.13. The first kappa shape index (κ1) is 18.7. The number of carbonyl (C=O) groups is 1. The van der Waals surface area contributed by atoms with E-state index < -0.39 is 5.91 Å². The van der Waals surface area contributed by atoms with Crippen molar-refractivity contribution in [2.75, 3.05) is 5.32 Å². The minimum Gasteiger partial charge on any atom is -0.508 e. The summed E-state index contributed by atoms with van der Waals surface area (Å²) in [4.78, 5) is 17.1. The molecule has 0 saturated heterocycles. The second-order valence-corrected chi connectivity index (χ2v) is 7.08. The number of nitrogens with zero attached hydrogens (tertiary/aromatic N) is 3. The van der Waals surface area contributed by atoms with Crippen LogP contribution in [0.2, 0.25) is 0 Å². The van der Waals surface area contributed by atoms with E-state index in [-0.39, 0.29) is 5.75 Å². The zero-order valence-corrected chi connectivity index (χ0v) is 15.9. The summed E-state index contributed by atoms with van der Waals surface area (Å²) in [5.41, 5.74) is 3.53. The van der Waals surface area contributed by atoms with Gasteiger partial charge in [0.2, 0.25) is 0 Å². The van der Waals surface area contributed by atoms with Crippen LogP contribution in [0.1, 0.15) is 16.2 Å². The molecule has 2 aromatic heterocycles. The van der Waals surface area contributed by atoms with Crippen LogP contribution in [0.15, 0.2) is 66.0 Å². The van der Waals surface area contributed by atoms with Crippen LogP contribution in [-0.2, 0) is 6.54 Å². The maximum absolute atomic E-state index is 11.4. The van der Waals surface area contributed by atoms with Crippen molar-refractivity contribution in [1.82, 2.24) is 20.2 Å². The van der Waals surface area contributed by atoms with Crippen molar-refractivity contribution in [2.24, 2.45) is 0 Å². The van der Waals surface area contributed by atoms with Gasteiger partial charge >= 0.3 is 0 Å². The summed E-state index contributed by atoms with van der Waals surface area (Å²) in [5, 5.41) is 28.1. The molecule has 0 atom stereocenters. The van der Waals surface area contributed by atoms with Crippen molar-refractivity contribution in [3.8, 4) is 22.1 Å². The number of nitrogens with one attached hydrogen (secondary N) is 2. The fraction of sp³-hybridized carbons (Fsp3) is 0.0500. The monoisotopic (exact) mass is 407 g/mol. The summed E-state index contributed by atoms with van der Waals surface area (Å²) in [5.74, 6) is 0.930. The largest absolute Gasteiger partial charge is 0.508 e. The van der Waals surface area contributed by atoms with Gasteiger partial charge in [-0.3, -0.25) is 10.0 Å². The van der Waals surface area contributed by atoms with Crippen molar-refractivity contribution in [2.45, 2.75) is 6.54 Å². The fourth-order valence-corrected chi connectivity index (χ4v) is 3.41. The van der Waals surface area contributed by atoms with E-state index in [0.717, 1.165) is 16.3 Å². The first-order valence-electron chi connectivity index (χ1n) is 8.71. The standard InChI is InChI=1S/C20H17N5O3S/c26-16-9-7-15(8-10-16)25-18(22-19(23-25)17-2-1-11-29-17)12-21-14-5-3-13(4-6-14)20(27)24-28/h1-11,21,26,28H,12H2,(H,24,27). The third-order valence-electron chi connectivity index (χ3n) is 4.21. The number of phenolic OH excluding ortho intramolecular Hbond substituents is 1. The first-order valence-corrected chi connectivity index (χ1v) is 9.59. The zero-order chi connectivity index (χ0) is 20.2. The molecule has 29 heavy (non-hydrogen) atoms. The van der Waals surface area contributed by atoms with E-state index in [1.54, 1.807) is 70.0 Å².